The van der Waals surface area contributed by atoms with Gasteiger partial charge in [0.2, 0.25) is 0 Å². The van der Waals surface area contributed by atoms with Crippen LogP contribution in [0.3, 0.4) is 0 Å². The van der Waals surface area contributed by atoms with E-state index in [4.69, 9.17) is 10.5 Å². The molecular formula is C10H22N2O. The van der Waals surface area contributed by atoms with Crippen LogP contribution in [0.15, 0.2) is 0 Å². The van der Waals surface area contributed by atoms with Crippen LogP contribution in [0.25, 0.3) is 0 Å². The highest BCUT2D eigenvalue weighted by Gasteiger charge is 2.20. The van der Waals surface area contributed by atoms with E-state index in [0.717, 1.165) is 32.7 Å². The number of nitrogens with two attached hydrogens (primary N) is 1. The summed E-state index contributed by atoms with van der Waals surface area (Å²) in [5.41, 5.74) is 5.74. The molecule has 1 fully saturated rings. The summed E-state index contributed by atoms with van der Waals surface area (Å²) in [4.78, 5) is 2.51. The standard InChI is InChI=1S/C10H22N2O/c1-3-10-8-13-7-6-12(10)5-4-9(2)11/h9-10H,3-8,11H2,1-2H3. The molecule has 2 atom stereocenters. The van der Waals surface area contributed by atoms with Gasteiger partial charge in [-0.2, -0.15) is 0 Å². The molecule has 0 aliphatic carbocycles. The summed E-state index contributed by atoms with van der Waals surface area (Å²) in [7, 11) is 0. The van der Waals surface area contributed by atoms with Crippen molar-refractivity contribution in [2.24, 2.45) is 5.73 Å². The molecule has 2 unspecified atom stereocenters. The molecule has 1 saturated heterocycles. The Morgan fingerprint density at radius 3 is 3.00 bits per heavy atom. The first-order chi connectivity index (χ1) is 6.24. The summed E-state index contributed by atoms with van der Waals surface area (Å²) in [6.07, 6.45) is 2.27. The van der Waals surface area contributed by atoms with Crippen LogP contribution in [0.2, 0.25) is 0 Å². The second kappa shape index (κ2) is 5.58. The Labute approximate surface area is 81.2 Å². The van der Waals surface area contributed by atoms with Gasteiger partial charge < -0.3 is 10.5 Å². The van der Waals surface area contributed by atoms with Gasteiger partial charge in [-0.15, -0.1) is 0 Å². The topological polar surface area (TPSA) is 38.5 Å². The largest absolute Gasteiger partial charge is 0.378 e. The third kappa shape index (κ3) is 3.63. The first-order valence-corrected chi connectivity index (χ1v) is 5.31. The molecule has 1 rings (SSSR count). The first kappa shape index (κ1) is 11.0. The third-order valence-corrected chi connectivity index (χ3v) is 2.69. The SMILES string of the molecule is CCC1COCCN1CCC(C)N. The normalized spacial score (nSPS) is 27.5. The number of morpholine rings is 1. The number of hydrogen-bond donors (Lipinski definition) is 1. The molecule has 0 aromatic rings. The lowest BCUT2D eigenvalue weighted by molar-refractivity contribution is -0.00945. The van der Waals surface area contributed by atoms with Gasteiger partial charge in [-0.25, -0.2) is 0 Å². The highest BCUT2D eigenvalue weighted by atomic mass is 16.5. The molecule has 3 nitrogen and oxygen atoms in total. The van der Waals surface area contributed by atoms with Crippen molar-refractivity contribution in [3.05, 3.63) is 0 Å². The van der Waals surface area contributed by atoms with Gasteiger partial charge in [-0.05, 0) is 19.8 Å². The van der Waals surface area contributed by atoms with E-state index in [9.17, 15) is 0 Å². The van der Waals surface area contributed by atoms with Crippen molar-refractivity contribution in [2.75, 3.05) is 26.3 Å². The van der Waals surface area contributed by atoms with Gasteiger partial charge in [0.05, 0.1) is 13.2 Å². The number of hydrogen-bond acceptors (Lipinski definition) is 3. The Balaban J connectivity index is 2.27. The maximum atomic E-state index is 5.74. The van der Waals surface area contributed by atoms with E-state index in [0.29, 0.717) is 12.1 Å². The molecular weight excluding hydrogens is 164 g/mol. The lowest BCUT2D eigenvalue weighted by atomic mass is 10.1. The Kier molecular flexibility index (Phi) is 4.70. The minimum absolute atomic E-state index is 0.320. The Morgan fingerprint density at radius 2 is 2.38 bits per heavy atom. The molecule has 0 aromatic carbocycles. The van der Waals surface area contributed by atoms with E-state index < -0.39 is 0 Å². The van der Waals surface area contributed by atoms with Crippen LogP contribution >= 0.6 is 0 Å². The van der Waals surface area contributed by atoms with Crippen molar-refractivity contribution >= 4 is 0 Å². The Hall–Kier alpha value is -0.120. The van der Waals surface area contributed by atoms with Crippen molar-refractivity contribution in [1.82, 2.24) is 4.90 Å². The van der Waals surface area contributed by atoms with E-state index in [1.54, 1.807) is 0 Å². The predicted octanol–water partition coefficient (Wildman–Crippen LogP) is 0.835. The van der Waals surface area contributed by atoms with Crippen molar-refractivity contribution in [2.45, 2.75) is 38.8 Å². The Bertz CT molecular complexity index is 139. The van der Waals surface area contributed by atoms with E-state index >= 15 is 0 Å². The van der Waals surface area contributed by atoms with E-state index in [1.807, 2.05) is 0 Å². The van der Waals surface area contributed by atoms with Crippen molar-refractivity contribution < 1.29 is 4.74 Å². The van der Waals surface area contributed by atoms with Gasteiger partial charge in [0.1, 0.15) is 0 Å². The van der Waals surface area contributed by atoms with Gasteiger partial charge in [-0.3, -0.25) is 4.90 Å². The molecule has 1 heterocycles. The molecule has 0 spiro atoms. The minimum Gasteiger partial charge on any atom is -0.378 e. The summed E-state index contributed by atoms with van der Waals surface area (Å²) in [6.45, 7) is 8.27. The highest BCUT2D eigenvalue weighted by Crippen LogP contribution is 2.10. The summed E-state index contributed by atoms with van der Waals surface area (Å²) in [5.74, 6) is 0. The molecule has 0 amide bonds. The van der Waals surface area contributed by atoms with Crippen LogP contribution in [0.1, 0.15) is 26.7 Å². The zero-order valence-electron chi connectivity index (χ0n) is 8.83. The van der Waals surface area contributed by atoms with Crippen molar-refractivity contribution in [3.8, 4) is 0 Å². The maximum absolute atomic E-state index is 5.74. The number of nitrogens with zero attached hydrogens (tertiary/aromatic N) is 1. The van der Waals surface area contributed by atoms with Gasteiger partial charge in [0, 0.05) is 25.2 Å². The van der Waals surface area contributed by atoms with Crippen LogP contribution in [0.5, 0.6) is 0 Å². The van der Waals surface area contributed by atoms with E-state index in [-0.39, 0.29) is 0 Å². The monoisotopic (exact) mass is 186 g/mol. The van der Waals surface area contributed by atoms with Crippen LogP contribution in [0.4, 0.5) is 0 Å². The van der Waals surface area contributed by atoms with Crippen LogP contribution in [-0.2, 0) is 4.74 Å². The predicted molar refractivity (Wildman–Crippen MR) is 54.7 cm³/mol. The fraction of sp³-hybridized carbons (Fsp3) is 1.00. The molecule has 3 heteroatoms. The molecule has 13 heavy (non-hydrogen) atoms. The first-order valence-electron chi connectivity index (χ1n) is 5.31. The lowest BCUT2D eigenvalue weighted by Crippen LogP contribution is -2.46. The van der Waals surface area contributed by atoms with Crippen molar-refractivity contribution in [1.29, 1.82) is 0 Å². The molecule has 0 radical (unpaired) electrons. The molecule has 2 N–H and O–H groups in total. The minimum atomic E-state index is 0.320. The van der Waals surface area contributed by atoms with E-state index in [2.05, 4.69) is 18.7 Å². The van der Waals surface area contributed by atoms with E-state index in [1.165, 1.54) is 6.42 Å². The molecule has 0 aromatic heterocycles. The highest BCUT2D eigenvalue weighted by molar-refractivity contribution is 4.74. The van der Waals surface area contributed by atoms with Gasteiger partial charge in [0.15, 0.2) is 0 Å². The molecule has 0 bridgehead atoms. The third-order valence-electron chi connectivity index (χ3n) is 2.69. The van der Waals surface area contributed by atoms with Crippen LogP contribution in [-0.4, -0.2) is 43.3 Å². The second-order valence-corrected chi connectivity index (χ2v) is 3.94. The average Bonchev–Trinajstić information content (AvgIpc) is 2.15. The van der Waals surface area contributed by atoms with Crippen molar-refractivity contribution in [3.63, 3.8) is 0 Å². The smallest absolute Gasteiger partial charge is 0.0622 e. The number of ether oxygens (including phenoxy) is 1. The fourth-order valence-corrected chi connectivity index (χ4v) is 1.73. The maximum Gasteiger partial charge on any atom is 0.0622 e. The van der Waals surface area contributed by atoms with Gasteiger partial charge >= 0.3 is 0 Å². The summed E-state index contributed by atoms with van der Waals surface area (Å²) in [6, 6.07) is 0.938. The molecule has 0 saturated carbocycles. The lowest BCUT2D eigenvalue weighted by Gasteiger charge is -2.35. The summed E-state index contributed by atoms with van der Waals surface area (Å²) >= 11 is 0. The average molecular weight is 186 g/mol. The number of rotatable bonds is 4. The molecule has 1 aliphatic heterocycles. The van der Waals surface area contributed by atoms with Gasteiger partial charge in [-0.1, -0.05) is 6.92 Å². The molecule has 1 aliphatic rings. The molecule has 78 valence electrons. The zero-order valence-corrected chi connectivity index (χ0v) is 8.83. The Morgan fingerprint density at radius 1 is 1.62 bits per heavy atom. The quantitative estimate of drug-likeness (QED) is 0.707. The second-order valence-electron chi connectivity index (χ2n) is 3.94. The summed E-state index contributed by atoms with van der Waals surface area (Å²) < 4.78 is 5.44. The van der Waals surface area contributed by atoms with Gasteiger partial charge in [0.25, 0.3) is 0 Å². The summed E-state index contributed by atoms with van der Waals surface area (Å²) in [5, 5.41) is 0. The fourth-order valence-electron chi connectivity index (χ4n) is 1.73. The zero-order chi connectivity index (χ0) is 9.68. The van der Waals surface area contributed by atoms with Crippen LogP contribution < -0.4 is 5.73 Å². The van der Waals surface area contributed by atoms with Crippen LogP contribution in [0, 0.1) is 0 Å².